The van der Waals surface area contributed by atoms with E-state index in [1.54, 1.807) is 6.07 Å². The monoisotopic (exact) mass is 412 g/mol. The van der Waals surface area contributed by atoms with E-state index in [-0.39, 0.29) is 17.5 Å². The first-order valence-electron chi connectivity index (χ1n) is 9.96. The SMILES string of the molecule is CCCN(CC)Cc1ccc(N)c(C)c1.COc1cc2nc(N)nc(N)c2cc1O. The Morgan fingerprint density at radius 2 is 1.80 bits per heavy atom. The number of fused-ring (bicyclic) bond motifs is 1. The van der Waals surface area contributed by atoms with E-state index in [2.05, 4.69) is 47.8 Å². The number of phenols is 1. The second kappa shape index (κ2) is 10.5. The number of ether oxygens (including phenoxy) is 1. The van der Waals surface area contributed by atoms with Gasteiger partial charge in [-0.15, -0.1) is 0 Å². The maximum atomic E-state index is 9.53. The molecular weight excluding hydrogens is 380 g/mol. The fourth-order valence-corrected chi connectivity index (χ4v) is 3.11. The minimum Gasteiger partial charge on any atom is -0.504 e. The fraction of sp³-hybridized carbons (Fsp3) is 0.364. The predicted molar refractivity (Wildman–Crippen MR) is 123 cm³/mol. The van der Waals surface area contributed by atoms with E-state index in [0.717, 1.165) is 18.8 Å². The van der Waals surface area contributed by atoms with Crippen molar-refractivity contribution in [3.63, 3.8) is 0 Å². The molecule has 0 saturated heterocycles. The Morgan fingerprint density at radius 1 is 1.07 bits per heavy atom. The first-order chi connectivity index (χ1) is 14.3. The van der Waals surface area contributed by atoms with Crippen LogP contribution in [0.1, 0.15) is 31.4 Å². The number of methoxy groups -OCH3 is 1. The fourth-order valence-electron chi connectivity index (χ4n) is 3.11. The zero-order valence-corrected chi connectivity index (χ0v) is 18.1. The number of hydrogen-bond donors (Lipinski definition) is 4. The topological polar surface area (TPSA) is 137 Å². The van der Waals surface area contributed by atoms with E-state index in [9.17, 15) is 5.11 Å². The van der Waals surface area contributed by atoms with Gasteiger partial charge in [-0.2, -0.15) is 4.98 Å². The molecule has 0 aliphatic heterocycles. The minimum atomic E-state index is -0.00919. The summed E-state index contributed by atoms with van der Waals surface area (Å²) in [5.74, 6) is 0.633. The molecular formula is C22H32N6O2. The first kappa shape index (κ1) is 23.0. The molecule has 7 N–H and O–H groups in total. The molecule has 0 aliphatic rings. The number of phenolic OH excluding ortho intramolecular Hbond substituents is 1. The number of rotatable bonds is 6. The molecule has 30 heavy (non-hydrogen) atoms. The van der Waals surface area contributed by atoms with Gasteiger partial charge in [-0.25, -0.2) is 4.98 Å². The zero-order chi connectivity index (χ0) is 22.3. The van der Waals surface area contributed by atoms with Crippen molar-refractivity contribution in [3.05, 3.63) is 41.5 Å². The van der Waals surface area contributed by atoms with Gasteiger partial charge in [0.25, 0.3) is 0 Å². The van der Waals surface area contributed by atoms with E-state index in [0.29, 0.717) is 16.7 Å². The summed E-state index contributed by atoms with van der Waals surface area (Å²) in [5.41, 5.74) is 20.8. The largest absolute Gasteiger partial charge is 0.504 e. The van der Waals surface area contributed by atoms with Crippen LogP contribution < -0.4 is 21.9 Å². The van der Waals surface area contributed by atoms with Gasteiger partial charge in [-0.05, 0) is 49.7 Å². The zero-order valence-electron chi connectivity index (χ0n) is 18.1. The molecule has 0 bridgehead atoms. The van der Waals surface area contributed by atoms with Crippen LogP contribution in [0, 0.1) is 6.92 Å². The van der Waals surface area contributed by atoms with Gasteiger partial charge in [0, 0.05) is 23.7 Å². The number of nitrogens with zero attached hydrogens (tertiary/aromatic N) is 3. The number of nitrogen functional groups attached to an aromatic ring is 3. The lowest BCUT2D eigenvalue weighted by molar-refractivity contribution is 0.280. The highest BCUT2D eigenvalue weighted by atomic mass is 16.5. The number of hydrogen-bond acceptors (Lipinski definition) is 8. The second-order valence-electron chi connectivity index (χ2n) is 7.07. The summed E-state index contributed by atoms with van der Waals surface area (Å²) < 4.78 is 4.94. The Morgan fingerprint density at radius 3 is 2.40 bits per heavy atom. The third-order valence-electron chi connectivity index (χ3n) is 4.77. The van der Waals surface area contributed by atoms with Crippen molar-refractivity contribution in [3.8, 4) is 11.5 Å². The molecule has 0 unspecified atom stereocenters. The number of aromatic nitrogens is 2. The van der Waals surface area contributed by atoms with Crippen LogP contribution in [0.4, 0.5) is 17.5 Å². The Balaban J connectivity index is 0.000000214. The summed E-state index contributed by atoms with van der Waals surface area (Å²) in [6.07, 6.45) is 1.21. The van der Waals surface area contributed by atoms with Gasteiger partial charge >= 0.3 is 0 Å². The highest BCUT2D eigenvalue weighted by Crippen LogP contribution is 2.32. The van der Waals surface area contributed by atoms with Crippen molar-refractivity contribution in [2.45, 2.75) is 33.7 Å². The van der Waals surface area contributed by atoms with Crippen LogP contribution in [0.5, 0.6) is 11.5 Å². The molecule has 1 aromatic heterocycles. The lowest BCUT2D eigenvalue weighted by atomic mass is 10.1. The molecule has 3 aromatic rings. The Hall–Kier alpha value is -3.26. The van der Waals surface area contributed by atoms with Gasteiger partial charge in [0.15, 0.2) is 11.5 Å². The van der Waals surface area contributed by atoms with Crippen LogP contribution in [0.3, 0.4) is 0 Å². The number of aryl methyl sites for hydroxylation is 1. The van der Waals surface area contributed by atoms with Crippen molar-refractivity contribution in [1.29, 1.82) is 0 Å². The van der Waals surface area contributed by atoms with Gasteiger partial charge in [-0.1, -0.05) is 26.0 Å². The van der Waals surface area contributed by atoms with E-state index in [4.69, 9.17) is 21.9 Å². The molecule has 0 radical (unpaired) electrons. The molecule has 8 heteroatoms. The molecule has 8 nitrogen and oxygen atoms in total. The smallest absolute Gasteiger partial charge is 0.222 e. The number of nitrogens with two attached hydrogens (primary N) is 3. The van der Waals surface area contributed by atoms with Crippen molar-refractivity contribution >= 4 is 28.4 Å². The van der Waals surface area contributed by atoms with Crippen molar-refractivity contribution in [2.24, 2.45) is 0 Å². The molecule has 3 rings (SSSR count). The Kier molecular flexibility index (Phi) is 8.06. The highest BCUT2D eigenvalue weighted by molar-refractivity contribution is 5.91. The van der Waals surface area contributed by atoms with Crippen LogP contribution in [-0.2, 0) is 6.54 Å². The number of benzene rings is 2. The summed E-state index contributed by atoms with van der Waals surface area (Å²) in [6, 6.07) is 9.32. The minimum absolute atomic E-state index is 0.00919. The normalized spacial score (nSPS) is 10.7. The number of aromatic hydroxyl groups is 1. The maximum Gasteiger partial charge on any atom is 0.222 e. The van der Waals surface area contributed by atoms with Gasteiger partial charge in [0.1, 0.15) is 5.82 Å². The quantitative estimate of drug-likeness (QED) is 0.453. The highest BCUT2D eigenvalue weighted by Gasteiger charge is 2.09. The molecule has 0 fully saturated rings. The van der Waals surface area contributed by atoms with Gasteiger partial charge in [0.05, 0.1) is 12.6 Å². The summed E-state index contributed by atoms with van der Waals surface area (Å²) in [5, 5.41) is 10.1. The number of anilines is 3. The van der Waals surface area contributed by atoms with Crippen LogP contribution in [0.15, 0.2) is 30.3 Å². The molecule has 0 spiro atoms. The first-order valence-corrected chi connectivity index (χ1v) is 9.96. The summed E-state index contributed by atoms with van der Waals surface area (Å²) >= 11 is 0. The van der Waals surface area contributed by atoms with Crippen molar-refractivity contribution in [2.75, 3.05) is 37.4 Å². The van der Waals surface area contributed by atoms with Gasteiger partial charge in [-0.3, -0.25) is 4.90 Å². The Labute approximate surface area is 177 Å². The maximum absolute atomic E-state index is 9.53. The second-order valence-corrected chi connectivity index (χ2v) is 7.07. The van der Waals surface area contributed by atoms with Crippen LogP contribution in [0.2, 0.25) is 0 Å². The molecule has 1 heterocycles. The standard InChI is InChI=1S/C13H22N2.C9H10N4O2/c1-4-8-15(5-2)10-12-6-7-13(14)11(3)9-12;1-15-7-3-5-4(2-6(7)14)8(10)13-9(11)12-5/h6-7,9H,4-5,8,10,14H2,1-3H3;2-3,14H,1H3,(H4,10,11,12,13). The summed E-state index contributed by atoms with van der Waals surface area (Å²) in [6.45, 7) is 9.80. The van der Waals surface area contributed by atoms with Crippen LogP contribution >= 0.6 is 0 Å². The molecule has 0 atom stereocenters. The molecule has 0 saturated carbocycles. The molecule has 0 aliphatic carbocycles. The third-order valence-corrected chi connectivity index (χ3v) is 4.77. The lowest BCUT2D eigenvalue weighted by Gasteiger charge is -2.19. The summed E-state index contributed by atoms with van der Waals surface area (Å²) in [4.78, 5) is 10.2. The summed E-state index contributed by atoms with van der Waals surface area (Å²) in [7, 11) is 1.45. The van der Waals surface area contributed by atoms with Crippen molar-refractivity contribution < 1.29 is 9.84 Å². The van der Waals surface area contributed by atoms with E-state index in [1.165, 1.54) is 37.3 Å². The van der Waals surface area contributed by atoms with Crippen LogP contribution in [0.25, 0.3) is 10.9 Å². The van der Waals surface area contributed by atoms with E-state index < -0.39 is 0 Å². The Bertz CT molecular complexity index is 993. The predicted octanol–water partition coefficient (Wildman–Crippen LogP) is 3.32. The molecule has 0 amide bonds. The third kappa shape index (κ3) is 5.87. The molecule has 162 valence electrons. The van der Waals surface area contributed by atoms with Crippen LogP contribution in [-0.4, -0.2) is 40.2 Å². The average molecular weight is 413 g/mol. The van der Waals surface area contributed by atoms with E-state index in [1.807, 2.05) is 6.07 Å². The van der Waals surface area contributed by atoms with Crippen molar-refractivity contribution in [1.82, 2.24) is 14.9 Å². The molecule has 2 aromatic carbocycles. The lowest BCUT2D eigenvalue weighted by Crippen LogP contribution is -2.23. The van der Waals surface area contributed by atoms with E-state index >= 15 is 0 Å². The van der Waals surface area contributed by atoms with Gasteiger partial charge < -0.3 is 27.0 Å². The van der Waals surface area contributed by atoms with Gasteiger partial charge in [0.2, 0.25) is 5.95 Å². The average Bonchev–Trinajstić information content (AvgIpc) is 2.71.